The van der Waals surface area contributed by atoms with Crippen LogP contribution in [0.3, 0.4) is 0 Å². The number of fused-ring (bicyclic) bond motifs is 6. The number of ether oxygens (including phenoxy) is 2. The van der Waals surface area contributed by atoms with Crippen LogP contribution < -0.4 is 5.46 Å². The van der Waals surface area contributed by atoms with E-state index < -0.39 is 8.07 Å². The molecule has 3 aliphatic heterocycles. The maximum atomic E-state index is 6.54. The van der Waals surface area contributed by atoms with Gasteiger partial charge in [0.2, 0.25) is 0 Å². The lowest BCUT2D eigenvalue weighted by atomic mass is 9.70. The number of rotatable bonds is 8. The van der Waals surface area contributed by atoms with Crippen molar-refractivity contribution >= 4 is 31.7 Å². The molecule has 3 aromatic rings. The van der Waals surface area contributed by atoms with Gasteiger partial charge in [-0.2, -0.15) is 0 Å². The van der Waals surface area contributed by atoms with Gasteiger partial charge < -0.3 is 23.3 Å². The van der Waals surface area contributed by atoms with E-state index in [0.29, 0.717) is 12.6 Å². The Morgan fingerprint density at radius 2 is 1.62 bits per heavy atom. The second kappa shape index (κ2) is 10.3. The summed E-state index contributed by atoms with van der Waals surface area (Å²) in [6.07, 6.45) is 7.38. The Balaban J connectivity index is 1.28. The van der Waals surface area contributed by atoms with Crippen LogP contribution in [-0.4, -0.2) is 42.6 Å². The van der Waals surface area contributed by atoms with Crippen molar-refractivity contribution in [2.45, 2.75) is 128 Å². The van der Waals surface area contributed by atoms with Gasteiger partial charge in [-0.3, -0.25) is 0 Å². The van der Waals surface area contributed by atoms with Gasteiger partial charge in [0.05, 0.1) is 34.4 Å². The fourth-order valence-electron chi connectivity index (χ4n) is 7.32. The summed E-state index contributed by atoms with van der Waals surface area (Å²) < 4.78 is 28.3. The smallest absolute Gasteiger partial charge is 0.399 e. The molecule has 6 nitrogen and oxygen atoms in total. The summed E-state index contributed by atoms with van der Waals surface area (Å²) in [4.78, 5) is 5.20. The van der Waals surface area contributed by atoms with Gasteiger partial charge in [-0.1, -0.05) is 50.7 Å². The van der Waals surface area contributed by atoms with Crippen LogP contribution in [0, 0.1) is 0 Å². The van der Waals surface area contributed by atoms with Gasteiger partial charge in [0.1, 0.15) is 12.6 Å². The summed E-state index contributed by atoms with van der Waals surface area (Å²) in [6.45, 7) is 17.1. The maximum absolute atomic E-state index is 6.54. The van der Waals surface area contributed by atoms with Crippen molar-refractivity contribution in [1.29, 1.82) is 0 Å². The van der Waals surface area contributed by atoms with Gasteiger partial charge in [-0.15, -0.1) is 0 Å². The summed E-state index contributed by atoms with van der Waals surface area (Å²) in [6, 6.07) is 12.5. The highest BCUT2D eigenvalue weighted by Gasteiger charge is 2.54. The van der Waals surface area contributed by atoms with Crippen LogP contribution in [0.15, 0.2) is 30.3 Å². The molecule has 2 atom stereocenters. The highest BCUT2D eigenvalue weighted by atomic mass is 28.3. The SMILES string of the molecule is CC1(C)OB(c2ccc(-c3ccc4nc(C5CCCC5)n(COCC[Si](C)(C)C)c4c3)c3c2C2CCC3O2)OC1(C)C. The third-order valence-electron chi connectivity index (χ3n) is 10.5. The lowest BCUT2D eigenvalue weighted by Gasteiger charge is -2.32. The minimum Gasteiger partial charge on any atom is -0.399 e. The predicted octanol–water partition coefficient (Wildman–Crippen LogP) is 7.88. The summed E-state index contributed by atoms with van der Waals surface area (Å²) in [5.41, 5.74) is 7.71. The van der Waals surface area contributed by atoms with Gasteiger partial charge in [-0.25, -0.2) is 4.98 Å². The Kier molecular flexibility index (Phi) is 7.06. The molecular weight excluding hydrogens is 539 g/mol. The Morgan fingerprint density at radius 3 is 2.31 bits per heavy atom. The molecule has 3 fully saturated rings. The van der Waals surface area contributed by atoms with Crippen LogP contribution in [0.5, 0.6) is 0 Å². The van der Waals surface area contributed by atoms with E-state index in [-0.39, 0.29) is 30.5 Å². The zero-order valence-corrected chi connectivity index (χ0v) is 27.6. The van der Waals surface area contributed by atoms with E-state index in [0.717, 1.165) is 30.4 Å². The highest BCUT2D eigenvalue weighted by Crippen LogP contribution is 2.53. The van der Waals surface area contributed by atoms with Crippen molar-refractivity contribution in [2.75, 3.05) is 6.61 Å². The van der Waals surface area contributed by atoms with Crippen molar-refractivity contribution in [3.05, 3.63) is 47.3 Å². The van der Waals surface area contributed by atoms with Crippen LogP contribution in [-0.2, 0) is 25.5 Å². The van der Waals surface area contributed by atoms with Crippen LogP contribution in [0.25, 0.3) is 22.2 Å². The fraction of sp³-hybridized carbons (Fsp3) is 0.618. The monoisotopic (exact) mass is 586 g/mol. The first-order valence-electron chi connectivity index (χ1n) is 16.2. The largest absolute Gasteiger partial charge is 0.495 e. The number of hydrogen-bond acceptors (Lipinski definition) is 5. The molecule has 2 unspecified atom stereocenters. The predicted molar refractivity (Wildman–Crippen MR) is 172 cm³/mol. The average molecular weight is 587 g/mol. The van der Waals surface area contributed by atoms with Crippen molar-refractivity contribution in [1.82, 2.24) is 9.55 Å². The molecule has 1 saturated carbocycles. The molecule has 2 saturated heterocycles. The lowest BCUT2D eigenvalue weighted by Crippen LogP contribution is -2.41. The van der Waals surface area contributed by atoms with Crippen molar-refractivity contribution < 1.29 is 18.8 Å². The molecule has 8 heteroatoms. The summed E-state index contributed by atoms with van der Waals surface area (Å²) in [5, 5.41) is 0. The topological polar surface area (TPSA) is 54.7 Å². The average Bonchev–Trinajstić information content (AvgIpc) is 3.74. The van der Waals surface area contributed by atoms with Crippen molar-refractivity contribution in [2.24, 2.45) is 0 Å². The van der Waals surface area contributed by atoms with E-state index in [1.807, 2.05) is 0 Å². The Bertz CT molecular complexity index is 1490. The zero-order chi connectivity index (χ0) is 29.4. The number of hydrogen-bond donors (Lipinski definition) is 0. The minimum atomic E-state index is -1.15. The summed E-state index contributed by atoms with van der Waals surface area (Å²) >= 11 is 0. The molecule has 0 N–H and O–H groups in total. The van der Waals surface area contributed by atoms with Crippen LogP contribution in [0.2, 0.25) is 25.7 Å². The number of aromatic nitrogens is 2. The van der Waals surface area contributed by atoms with Gasteiger partial charge in [0, 0.05) is 20.6 Å². The highest BCUT2D eigenvalue weighted by molar-refractivity contribution is 6.76. The molecule has 224 valence electrons. The molecule has 0 spiro atoms. The van der Waals surface area contributed by atoms with E-state index in [9.17, 15) is 0 Å². The van der Waals surface area contributed by atoms with Crippen LogP contribution >= 0.6 is 0 Å². The van der Waals surface area contributed by atoms with Crippen molar-refractivity contribution in [3.8, 4) is 11.1 Å². The molecule has 1 aliphatic carbocycles. The van der Waals surface area contributed by atoms with Crippen LogP contribution in [0.1, 0.15) is 101 Å². The van der Waals surface area contributed by atoms with E-state index >= 15 is 0 Å². The van der Waals surface area contributed by atoms with E-state index in [2.05, 4.69) is 82.2 Å². The minimum absolute atomic E-state index is 0.113. The second-order valence-electron chi connectivity index (χ2n) is 15.2. The van der Waals surface area contributed by atoms with Gasteiger partial charge >= 0.3 is 7.12 Å². The second-order valence-corrected chi connectivity index (χ2v) is 20.9. The fourth-order valence-corrected chi connectivity index (χ4v) is 8.08. The molecule has 0 amide bonds. The van der Waals surface area contributed by atoms with E-state index in [4.69, 9.17) is 23.8 Å². The molecule has 2 bridgehead atoms. The van der Waals surface area contributed by atoms with Crippen molar-refractivity contribution in [3.63, 3.8) is 0 Å². The first kappa shape index (κ1) is 28.8. The third kappa shape index (κ3) is 4.91. The Hall–Kier alpha value is -1.97. The lowest BCUT2D eigenvalue weighted by molar-refractivity contribution is 0.00578. The zero-order valence-electron chi connectivity index (χ0n) is 26.6. The number of imidazole rings is 1. The first-order chi connectivity index (χ1) is 19.9. The number of nitrogens with zero attached hydrogens (tertiary/aromatic N) is 2. The quantitative estimate of drug-likeness (QED) is 0.199. The maximum Gasteiger partial charge on any atom is 0.495 e. The van der Waals surface area contributed by atoms with Gasteiger partial charge in [-0.05, 0) is 99.3 Å². The molecule has 2 aromatic carbocycles. The van der Waals surface area contributed by atoms with E-state index in [1.54, 1.807) is 0 Å². The molecular formula is C34H47BN2O4Si. The molecule has 1 aromatic heterocycles. The number of benzene rings is 2. The molecule has 4 aliphatic rings. The first-order valence-corrected chi connectivity index (χ1v) is 19.9. The Morgan fingerprint density at radius 1 is 0.929 bits per heavy atom. The normalized spacial score (nSPS) is 24.8. The Labute approximate surface area is 252 Å². The summed E-state index contributed by atoms with van der Waals surface area (Å²) in [7, 11) is -1.53. The van der Waals surface area contributed by atoms with Crippen LogP contribution in [0.4, 0.5) is 0 Å². The van der Waals surface area contributed by atoms with Gasteiger partial charge in [0.15, 0.2) is 0 Å². The van der Waals surface area contributed by atoms with Gasteiger partial charge in [0.25, 0.3) is 0 Å². The van der Waals surface area contributed by atoms with E-state index in [1.165, 1.54) is 65.3 Å². The third-order valence-corrected chi connectivity index (χ3v) is 12.2. The molecule has 0 radical (unpaired) electrons. The summed E-state index contributed by atoms with van der Waals surface area (Å²) in [5.74, 6) is 1.73. The standard InChI is InChI=1S/C34H47BN2O4Si/c1-33(2)34(3,4)41-35(40-33)25-14-13-24(30-28-16-17-29(39-28)31(25)30)23-12-15-26-27(20-23)37(21-38-18-19-42(5,6)7)32(36-26)22-10-8-9-11-22/h12-15,20,22,28-29H,8-11,16-19,21H2,1-7H3. The molecule has 7 rings (SSSR count). The molecule has 4 heterocycles. The molecule has 42 heavy (non-hydrogen) atoms.